The molecule has 0 radical (unpaired) electrons. The number of rotatable bonds is 10. The molecule has 0 saturated heterocycles. The number of nitrogens with one attached hydrogen (secondary N) is 2. The van der Waals surface area contributed by atoms with Crippen LogP contribution in [-0.4, -0.2) is 74.0 Å². The number of hydrogen-bond acceptors (Lipinski definition) is 10. The summed E-state index contributed by atoms with van der Waals surface area (Å²) in [5.41, 5.74) is 1.29. The zero-order valence-electron chi connectivity index (χ0n) is 18.7. The van der Waals surface area contributed by atoms with Crippen LogP contribution in [0.4, 0.5) is 5.82 Å². The van der Waals surface area contributed by atoms with Gasteiger partial charge in [0.2, 0.25) is 5.91 Å². The van der Waals surface area contributed by atoms with Crippen molar-refractivity contribution in [2.45, 2.75) is 36.2 Å². The second-order valence-electron chi connectivity index (χ2n) is 7.49. The average Bonchev–Trinajstić information content (AvgIpc) is 3.38. The van der Waals surface area contributed by atoms with Crippen molar-refractivity contribution in [3.63, 3.8) is 0 Å². The Hall–Kier alpha value is -2.64. The molecular formula is C20H26N8O3S2. The lowest BCUT2D eigenvalue weighted by atomic mass is 10.2. The molecule has 0 bridgehead atoms. The van der Waals surface area contributed by atoms with E-state index in [1.807, 2.05) is 6.26 Å². The molecule has 3 aromatic heterocycles. The average molecular weight is 491 g/mol. The van der Waals surface area contributed by atoms with Crippen LogP contribution in [0.3, 0.4) is 0 Å². The van der Waals surface area contributed by atoms with Gasteiger partial charge in [0.05, 0.1) is 30.8 Å². The Morgan fingerprint density at radius 1 is 1.33 bits per heavy atom. The predicted molar refractivity (Wildman–Crippen MR) is 128 cm³/mol. The number of anilines is 1. The van der Waals surface area contributed by atoms with E-state index in [0.717, 1.165) is 5.39 Å². The van der Waals surface area contributed by atoms with Crippen LogP contribution >= 0.6 is 23.5 Å². The second kappa shape index (κ2) is 10.5. The maximum atomic E-state index is 12.5. The van der Waals surface area contributed by atoms with Crippen molar-refractivity contribution in [2.75, 3.05) is 44.1 Å². The molecule has 4 rings (SSSR count). The largest absolute Gasteiger partial charge is 0.383 e. The molecule has 1 aliphatic rings. The van der Waals surface area contributed by atoms with Crippen molar-refractivity contribution in [1.29, 1.82) is 0 Å². The van der Waals surface area contributed by atoms with Crippen LogP contribution in [0.2, 0.25) is 0 Å². The third-order valence-corrected chi connectivity index (χ3v) is 6.79. The minimum Gasteiger partial charge on any atom is -0.383 e. The topological polar surface area (TPSA) is 129 Å². The lowest BCUT2D eigenvalue weighted by molar-refractivity contribution is -0.121. The van der Waals surface area contributed by atoms with Gasteiger partial charge in [-0.2, -0.15) is 5.10 Å². The summed E-state index contributed by atoms with van der Waals surface area (Å²) in [6.07, 6.45) is 3.88. The number of thioether (sulfide) groups is 2. The van der Waals surface area contributed by atoms with Gasteiger partial charge in [-0.3, -0.25) is 14.2 Å². The van der Waals surface area contributed by atoms with Gasteiger partial charge >= 0.3 is 0 Å². The molecule has 4 heterocycles. The highest BCUT2D eigenvalue weighted by atomic mass is 32.2. The molecule has 13 heteroatoms. The zero-order valence-corrected chi connectivity index (χ0v) is 20.3. The second-order valence-corrected chi connectivity index (χ2v) is 9.25. The Labute approximate surface area is 199 Å². The van der Waals surface area contributed by atoms with E-state index in [-0.39, 0.29) is 23.9 Å². The summed E-state index contributed by atoms with van der Waals surface area (Å²) in [5.74, 6) is 1.26. The number of hydrogen-bond donors (Lipinski definition) is 2. The maximum Gasteiger partial charge on any atom is 0.254 e. The minimum atomic E-state index is -0.186. The number of methoxy groups -OCH3 is 1. The summed E-state index contributed by atoms with van der Waals surface area (Å²) >= 11 is 2.96. The van der Waals surface area contributed by atoms with E-state index in [9.17, 15) is 9.59 Å². The molecule has 1 atom stereocenters. The van der Waals surface area contributed by atoms with Crippen LogP contribution in [0.1, 0.15) is 18.2 Å². The Bertz CT molecular complexity index is 1210. The third kappa shape index (κ3) is 5.31. The van der Waals surface area contributed by atoms with Crippen LogP contribution in [0.5, 0.6) is 0 Å². The number of amides is 1. The normalized spacial score (nSPS) is 15.1. The van der Waals surface area contributed by atoms with Crippen LogP contribution in [0.25, 0.3) is 11.0 Å². The molecule has 11 nitrogen and oxygen atoms in total. The van der Waals surface area contributed by atoms with E-state index in [0.29, 0.717) is 59.5 Å². The molecule has 176 valence electrons. The first kappa shape index (κ1) is 23.5. The molecule has 1 aliphatic heterocycles. The quantitative estimate of drug-likeness (QED) is 0.244. The fraction of sp³-hybridized carbons (Fsp3) is 0.500. The van der Waals surface area contributed by atoms with E-state index < -0.39 is 0 Å². The number of fused-ring (bicyclic) bond motifs is 2. The number of carbonyl (C=O) groups excluding carboxylic acids is 1. The Morgan fingerprint density at radius 3 is 2.97 bits per heavy atom. The van der Waals surface area contributed by atoms with Crippen molar-refractivity contribution in [3.05, 3.63) is 28.3 Å². The molecule has 2 N–H and O–H groups in total. The lowest BCUT2D eigenvalue weighted by Crippen LogP contribution is -2.32. The summed E-state index contributed by atoms with van der Waals surface area (Å²) in [4.78, 5) is 38.4. The summed E-state index contributed by atoms with van der Waals surface area (Å²) in [6, 6.07) is 1.32. The van der Waals surface area contributed by atoms with Crippen molar-refractivity contribution < 1.29 is 9.53 Å². The zero-order chi connectivity index (χ0) is 23.4. The third-order valence-electron chi connectivity index (χ3n) is 5.14. The molecule has 1 unspecified atom stereocenters. The van der Waals surface area contributed by atoms with Gasteiger partial charge in [0.25, 0.3) is 5.56 Å². The molecule has 0 aliphatic carbocycles. The molecular weight excluding hydrogens is 464 g/mol. The standard InChI is InChI=1S/C20H26N8O3S2/c1-12-8-16(30)28-13(11-33-20(28)24-12)9-15(29)21-4-6-27-18-14(10-23-27)17(22-5-7-31-2)25-19(26-18)32-3/h8,10,13H,4-7,9,11H2,1-3H3,(H,21,29)(H,22,25,26). The fourth-order valence-corrected chi connectivity index (χ4v) is 5.15. The molecule has 0 fully saturated rings. The summed E-state index contributed by atoms with van der Waals surface area (Å²) in [7, 11) is 1.65. The number of aromatic nitrogens is 6. The van der Waals surface area contributed by atoms with Crippen molar-refractivity contribution >= 4 is 46.3 Å². The Morgan fingerprint density at radius 2 is 2.18 bits per heavy atom. The van der Waals surface area contributed by atoms with E-state index in [2.05, 4.69) is 30.7 Å². The van der Waals surface area contributed by atoms with Crippen LogP contribution < -0.4 is 16.2 Å². The summed E-state index contributed by atoms with van der Waals surface area (Å²) < 4.78 is 8.48. The molecule has 0 spiro atoms. The van der Waals surface area contributed by atoms with E-state index in [1.165, 1.54) is 29.6 Å². The van der Waals surface area contributed by atoms with Gasteiger partial charge in [-0.15, -0.1) is 0 Å². The van der Waals surface area contributed by atoms with Crippen LogP contribution in [0, 0.1) is 6.92 Å². The first-order valence-electron chi connectivity index (χ1n) is 10.5. The van der Waals surface area contributed by atoms with Crippen LogP contribution in [-0.2, 0) is 16.1 Å². The van der Waals surface area contributed by atoms with Gasteiger partial charge in [0, 0.05) is 44.1 Å². The van der Waals surface area contributed by atoms with Gasteiger partial charge in [0.15, 0.2) is 16.0 Å². The number of aryl methyl sites for hydroxylation is 1. The number of ether oxygens (including phenoxy) is 1. The summed E-state index contributed by atoms with van der Waals surface area (Å²) in [6.45, 7) is 3.85. The SMILES string of the molecule is COCCNc1nc(SC)nc2c1cnn2CCNC(=O)CC1CSc2nc(C)cc(=O)n21. The summed E-state index contributed by atoms with van der Waals surface area (Å²) in [5, 5.41) is 12.8. The lowest BCUT2D eigenvalue weighted by Gasteiger charge is -2.13. The Balaban J connectivity index is 1.38. The van der Waals surface area contributed by atoms with Crippen molar-refractivity contribution in [3.8, 4) is 0 Å². The molecule has 3 aromatic rings. The smallest absolute Gasteiger partial charge is 0.254 e. The van der Waals surface area contributed by atoms with E-state index in [4.69, 9.17) is 4.74 Å². The van der Waals surface area contributed by atoms with Gasteiger partial charge < -0.3 is 15.4 Å². The van der Waals surface area contributed by atoms with Gasteiger partial charge in [0.1, 0.15) is 5.82 Å². The van der Waals surface area contributed by atoms with Gasteiger partial charge in [-0.05, 0) is 13.2 Å². The van der Waals surface area contributed by atoms with E-state index in [1.54, 1.807) is 29.5 Å². The molecule has 0 aromatic carbocycles. The molecule has 1 amide bonds. The van der Waals surface area contributed by atoms with E-state index >= 15 is 0 Å². The first-order valence-corrected chi connectivity index (χ1v) is 12.7. The van der Waals surface area contributed by atoms with Gasteiger partial charge in [-0.1, -0.05) is 23.5 Å². The Kier molecular flexibility index (Phi) is 7.50. The highest BCUT2D eigenvalue weighted by Crippen LogP contribution is 2.31. The minimum absolute atomic E-state index is 0.109. The first-order chi connectivity index (χ1) is 16.0. The molecule has 0 saturated carbocycles. The van der Waals surface area contributed by atoms with Crippen LogP contribution in [0.15, 0.2) is 27.4 Å². The highest BCUT2D eigenvalue weighted by molar-refractivity contribution is 7.99. The number of nitrogens with zero attached hydrogens (tertiary/aromatic N) is 6. The predicted octanol–water partition coefficient (Wildman–Crippen LogP) is 1.32. The van der Waals surface area contributed by atoms with Gasteiger partial charge in [-0.25, -0.2) is 19.6 Å². The number of carbonyl (C=O) groups is 1. The maximum absolute atomic E-state index is 12.5. The highest BCUT2D eigenvalue weighted by Gasteiger charge is 2.27. The monoisotopic (exact) mass is 490 g/mol. The van der Waals surface area contributed by atoms with Crippen molar-refractivity contribution in [2.24, 2.45) is 0 Å². The molecule has 33 heavy (non-hydrogen) atoms. The fourth-order valence-electron chi connectivity index (χ4n) is 3.60. The van der Waals surface area contributed by atoms with Crippen molar-refractivity contribution in [1.82, 2.24) is 34.6 Å².